The van der Waals surface area contributed by atoms with Crippen LogP contribution in [0.25, 0.3) is 11.3 Å². The van der Waals surface area contributed by atoms with E-state index in [1.54, 1.807) is 62.9 Å². The van der Waals surface area contributed by atoms with Crippen LogP contribution in [0.5, 0.6) is 0 Å². The van der Waals surface area contributed by atoms with Gasteiger partial charge in [0.2, 0.25) is 11.9 Å². The van der Waals surface area contributed by atoms with Gasteiger partial charge < -0.3 is 20.4 Å². The lowest BCUT2D eigenvalue weighted by molar-refractivity contribution is 0.0762. The van der Waals surface area contributed by atoms with E-state index in [0.29, 0.717) is 42.6 Å². The first kappa shape index (κ1) is 45.5. The minimum Gasteiger partial charge on any atom is -0.329 e. The number of anilines is 4. The fourth-order valence-electron chi connectivity index (χ4n) is 8.22. The number of aryl methyl sites for hydroxylation is 4. The summed E-state index contributed by atoms with van der Waals surface area (Å²) in [5.41, 5.74) is 10.7. The Balaban J connectivity index is 0.000000131. The first-order valence-electron chi connectivity index (χ1n) is 22.4. The van der Waals surface area contributed by atoms with Crippen molar-refractivity contribution in [2.45, 2.75) is 77.5 Å². The monoisotopic (exact) mass is 1030 g/mol. The smallest absolute Gasteiger partial charge is 0.264 e. The molecular weight excluding hydrogens is 980 g/mol. The molecule has 2 fully saturated rings. The summed E-state index contributed by atoms with van der Waals surface area (Å²) in [4.78, 5) is 51.1. The molecule has 0 radical (unpaired) electrons. The van der Waals surface area contributed by atoms with Crippen molar-refractivity contribution < 1.29 is 9.59 Å². The number of halogens is 2. The van der Waals surface area contributed by atoms with Crippen molar-refractivity contribution in [2.24, 2.45) is 14.1 Å². The maximum atomic E-state index is 13.0. The Morgan fingerprint density at radius 2 is 1.19 bits per heavy atom. The molecule has 2 aliphatic carbocycles. The summed E-state index contributed by atoms with van der Waals surface area (Å²) in [6.45, 7) is 7.01. The molecule has 2 aliphatic heterocycles. The van der Waals surface area contributed by atoms with Crippen molar-refractivity contribution in [3.63, 3.8) is 0 Å². The van der Waals surface area contributed by atoms with Gasteiger partial charge in [0, 0.05) is 84.9 Å². The number of aromatic nitrogens is 8. The lowest BCUT2D eigenvalue weighted by Gasteiger charge is -2.18. The third-order valence-electron chi connectivity index (χ3n) is 12.2. The molecule has 0 spiro atoms. The summed E-state index contributed by atoms with van der Waals surface area (Å²) in [6, 6.07) is 20.6. The molecule has 68 heavy (non-hydrogen) atoms. The zero-order chi connectivity index (χ0) is 47.1. The number of hydrogen-bond donors (Lipinski definition) is 2. The standard InChI is InChI=1S/C25H24N6OS.C17H16BrNOS.C8H8ClN5/c1-15-9-17(21-7-8-26-25(29-21)28-20-11-27-30(2)14-20)5-6-18(15)12-31-13-19-10-22(16-3-4-16)33-23(19)24(31)32;1-10-6-14(18)5-4-12(10)8-19-9-13-7-15(11-2-3-11)21-16(13)17(19)20;1-14-5-6(4-11-14)12-8-10-3-2-7(9)13-8/h5-11,14,16H,3-4,12-13H2,1-2H3,(H,26,28,29);4-7,11H,2-3,8-9H2,1H3;2-5H,1H3,(H,10,12,13). The predicted molar refractivity (Wildman–Crippen MR) is 271 cm³/mol. The van der Waals surface area contributed by atoms with Gasteiger partial charge >= 0.3 is 0 Å². The number of carbonyl (C=O) groups is 2. The third kappa shape index (κ3) is 10.6. The number of amides is 2. The molecule has 8 aromatic rings. The lowest BCUT2D eigenvalue weighted by Crippen LogP contribution is -2.23. The van der Waals surface area contributed by atoms with Crippen LogP contribution in [0.3, 0.4) is 0 Å². The molecule has 346 valence electrons. The van der Waals surface area contributed by atoms with Crippen LogP contribution in [-0.4, -0.2) is 61.1 Å². The second kappa shape index (κ2) is 19.4. The Morgan fingerprint density at radius 1 is 0.676 bits per heavy atom. The van der Waals surface area contributed by atoms with Crippen molar-refractivity contribution in [3.8, 4) is 11.3 Å². The summed E-state index contributed by atoms with van der Waals surface area (Å²) in [5.74, 6) is 2.83. The van der Waals surface area contributed by atoms with Crippen LogP contribution in [0.15, 0.2) is 102 Å². The average molecular weight is 1030 g/mol. The number of rotatable bonds is 11. The zero-order valence-corrected chi connectivity index (χ0v) is 41.9. The third-order valence-corrected chi connectivity index (χ3v) is 15.5. The Hall–Kier alpha value is -6.27. The van der Waals surface area contributed by atoms with Crippen LogP contribution < -0.4 is 10.6 Å². The molecule has 4 aliphatic rings. The van der Waals surface area contributed by atoms with Gasteiger partial charge in [-0.2, -0.15) is 10.2 Å². The van der Waals surface area contributed by atoms with Crippen molar-refractivity contribution in [3.05, 3.63) is 160 Å². The van der Waals surface area contributed by atoms with Crippen molar-refractivity contribution in [1.29, 1.82) is 0 Å². The predicted octanol–water partition coefficient (Wildman–Crippen LogP) is 11.5. The molecule has 14 nitrogen and oxygen atoms in total. The molecule has 0 bridgehead atoms. The van der Waals surface area contributed by atoms with E-state index in [-0.39, 0.29) is 11.8 Å². The first-order valence-corrected chi connectivity index (χ1v) is 25.2. The summed E-state index contributed by atoms with van der Waals surface area (Å²) in [7, 11) is 3.71. The van der Waals surface area contributed by atoms with Crippen LogP contribution in [0.1, 0.15) is 100.0 Å². The number of benzene rings is 2. The van der Waals surface area contributed by atoms with Gasteiger partial charge in [-0.1, -0.05) is 45.7 Å². The molecule has 0 atom stereocenters. The molecule has 2 N–H and O–H groups in total. The SMILES string of the molecule is Cc1cc(-c2ccnc(Nc3cnn(C)c3)n2)ccc1CN1Cc2cc(C3CC3)sc2C1=O.Cc1cc(Br)ccc1CN1Cc2cc(C3CC3)sc2C1=O.Cn1cc(Nc2nccc(Cl)n2)cn1. The maximum Gasteiger partial charge on any atom is 0.264 e. The zero-order valence-electron chi connectivity index (χ0n) is 37.9. The minimum atomic E-state index is 0.173. The van der Waals surface area contributed by atoms with Crippen molar-refractivity contribution in [2.75, 3.05) is 10.6 Å². The van der Waals surface area contributed by atoms with E-state index in [0.717, 1.165) is 60.4 Å². The average Bonchev–Trinajstić information content (AvgIpc) is 4.08. The summed E-state index contributed by atoms with van der Waals surface area (Å²) in [6.07, 6.45) is 15.6. The number of carbonyl (C=O) groups excluding carboxylic acids is 2. The second-order valence-electron chi connectivity index (χ2n) is 17.6. The Morgan fingerprint density at radius 3 is 1.66 bits per heavy atom. The molecule has 2 aromatic carbocycles. The van der Waals surface area contributed by atoms with E-state index in [2.05, 4.69) is 113 Å². The summed E-state index contributed by atoms with van der Waals surface area (Å²) < 4.78 is 4.50. The van der Waals surface area contributed by atoms with Gasteiger partial charge in [-0.3, -0.25) is 19.0 Å². The molecule has 0 unspecified atom stereocenters. The van der Waals surface area contributed by atoms with E-state index < -0.39 is 0 Å². The lowest BCUT2D eigenvalue weighted by atomic mass is 10.0. The first-order chi connectivity index (χ1) is 32.9. The van der Waals surface area contributed by atoms with E-state index in [9.17, 15) is 9.59 Å². The molecule has 2 amide bonds. The highest BCUT2D eigenvalue weighted by Gasteiger charge is 2.35. The Bertz CT molecular complexity index is 3170. The van der Waals surface area contributed by atoms with E-state index in [1.165, 1.54) is 57.7 Å². The van der Waals surface area contributed by atoms with Crippen molar-refractivity contribution >= 4 is 85.3 Å². The van der Waals surface area contributed by atoms with Crippen LogP contribution in [0.2, 0.25) is 5.15 Å². The van der Waals surface area contributed by atoms with Crippen LogP contribution in [-0.2, 0) is 40.3 Å². The molecule has 0 saturated heterocycles. The van der Waals surface area contributed by atoms with Crippen molar-refractivity contribution in [1.82, 2.24) is 49.3 Å². The minimum absolute atomic E-state index is 0.173. The largest absolute Gasteiger partial charge is 0.329 e. The highest BCUT2D eigenvalue weighted by molar-refractivity contribution is 9.10. The maximum absolute atomic E-state index is 13.0. The second-order valence-corrected chi connectivity index (χ2v) is 21.1. The highest BCUT2D eigenvalue weighted by atomic mass is 79.9. The molecule has 12 rings (SSSR count). The number of thiophene rings is 2. The van der Waals surface area contributed by atoms with Gasteiger partial charge in [-0.25, -0.2) is 19.9 Å². The number of nitrogens with one attached hydrogen (secondary N) is 2. The topological polar surface area (TPSA) is 152 Å². The number of hydrogen-bond acceptors (Lipinski definition) is 12. The molecular formula is C50H48BrClN12O2S2. The number of nitrogens with zero attached hydrogens (tertiary/aromatic N) is 10. The summed E-state index contributed by atoms with van der Waals surface area (Å²) >= 11 is 12.6. The van der Waals surface area contributed by atoms with Gasteiger partial charge in [0.1, 0.15) is 5.15 Å². The Kier molecular flexibility index (Phi) is 13.0. The van der Waals surface area contributed by atoms with Crippen LogP contribution >= 0.6 is 50.2 Å². The fraction of sp³-hybridized carbons (Fsp3) is 0.280. The quantitative estimate of drug-likeness (QED) is 0.120. The van der Waals surface area contributed by atoms with Gasteiger partial charge in [0.25, 0.3) is 11.8 Å². The molecule has 6 aromatic heterocycles. The summed E-state index contributed by atoms with van der Waals surface area (Å²) in [5, 5.41) is 14.7. The van der Waals surface area contributed by atoms with Gasteiger partial charge in [-0.15, -0.1) is 22.7 Å². The highest BCUT2D eigenvalue weighted by Crippen LogP contribution is 2.47. The van der Waals surface area contributed by atoms with E-state index >= 15 is 0 Å². The van der Waals surface area contributed by atoms with E-state index in [1.807, 2.05) is 48.4 Å². The van der Waals surface area contributed by atoms with Gasteiger partial charge in [-0.05, 0) is 127 Å². The fourth-order valence-corrected chi connectivity index (χ4v) is 11.5. The number of fused-ring (bicyclic) bond motifs is 2. The molecule has 8 heterocycles. The molecule has 2 saturated carbocycles. The van der Waals surface area contributed by atoms with E-state index in [4.69, 9.17) is 11.6 Å². The van der Waals surface area contributed by atoms with Gasteiger partial charge in [0.05, 0.1) is 39.2 Å². The molecule has 18 heteroatoms. The normalized spacial score (nSPS) is 14.9. The Labute approximate surface area is 415 Å². The van der Waals surface area contributed by atoms with Crippen LogP contribution in [0, 0.1) is 13.8 Å². The van der Waals surface area contributed by atoms with Crippen LogP contribution in [0.4, 0.5) is 23.3 Å². The van der Waals surface area contributed by atoms with Gasteiger partial charge in [0.15, 0.2) is 0 Å².